The lowest BCUT2D eigenvalue weighted by Crippen LogP contribution is -2.45. The van der Waals surface area contributed by atoms with Crippen LogP contribution in [0.15, 0.2) is 18.3 Å². The summed E-state index contributed by atoms with van der Waals surface area (Å²) in [5.41, 5.74) is 2.25. The third-order valence-electron chi connectivity index (χ3n) is 3.61. The third kappa shape index (κ3) is 3.00. The lowest BCUT2D eigenvalue weighted by atomic mass is 9.95. The number of hydrogen-bond donors (Lipinski definition) is 1. The molecule has 0 bridgehead atoms. The highest BCUT2D eigenvalue weighted by Crippen LogP contribution is 2.23. The molecule has 100 valence electrons. The van der Waals surface area contributed by atoms with Crippen molar-refractivity contribution in [3.63, 3.8) is 0 Å². The van der Waals surface area contributed by atoms with E-state index in [1.54, 1.807) is 7.11 Å². The van der Waals surface area contributed by atoms with Crippen LogP contribution in [0, 0.1) is 5.92 Å². The molecule has 4 nitrogen and oxygen atoms in total. The molecule has 0 saturated carbocycles. The fourth-order valence-electron chi connectivity index (χ4n) is 2.45. The monoisotopic (exact) mass is 250 g/mol. The van der Waals surface area contributed by atoms with E-state index in [2.05, 4.69) is 28.9 Å². The van der Waals surface area contributed by atoms with E-state index in [-0.39, 0.29) is 12.0 Å². The minimum absolute atomic E-state index is 0.189. The van der Waals surface area contributed by atoms with Gasteiger partial charge in [-0.25, -0.2) is 0 Å². The average molecular weight is 250 g/mol. The summed E-state index contributed by atoms with van der Waals surface area (Å²) in [4.78, 5) is 6.71. The summed E-state index contributed by atoms with van der Waals surface area (Å²) in [6.07, 6.45) is 3.44. The number of aromatic nitrogens is 1. The fourth-order valence-corrected chi connectivity index (χ4v) is 2.45. The van der Waals surface area contributed by atoms with Crippen LogP contribution in [-0.2, 0) is 11.2 Å². The molecule has 1 aromatic rings. The molecular formula is C14H22N2O2. The molecule has 1 N–H and O–H groups in total. The van der Waals surface area contributed by atoms with Gasteiger partial charge in [-0.1, -0.05) is 6.92 Å². The first kappa shape index (κ1) is 13.3. The summed E-state index contributed by atoms with van der Waals surface area (Å²) in [6.45, 7) is 4.43. The Labute approximate surface area is 109 Å². The van der Waals surface area contributed by atoms with Gasteiger partial charge in [-0.2, -0.15) is 0 Å². The maximum atomic E-state index is 9.92. The van der Waals surface area contributed by atoms with Crippen molar-refractivity contribution in [2.75, 3.05) is 31.7 Å². The quantitative estimate of drug-likeness (QED) is 0.879. The largest absolute Gasteiger partial charge is 0.393 e. The molecular weight excluding hydrogens is 228 g/mol. The van der Waals surface area contributed by atoms with Crippen LogP contribution < -0.4 is 4.90 Å². The minimum atomic E-state index is -0.246. The number of piperidine rings is 1. The molecule has 1 aromatic heterocycles. The summed E-state index contributed by atoms with van der Waals surface area (Å²) >= 11 is 0. The van der Waals surface area contributed by atoms with Crippen molar-refractivity contribution >= 4 is 5.69 Å². The topological polar surface area (TPSA) is 45.6 Å². The predicted molar refractivity (Wildman–Crippen MR) is 71.8 cm³/mol. The Balaban J connectivity index is 2.03. The Hall–Kier alpha value is -1.13. The molecule has 18 heavy (non-hydrogen) atoms. The number of aliphatic hydroxyl groups excluding tert-OH is 1. The van der Waals surface area contributed by atoms with Crippen LogP contribution in [0.1, 0.15) is 19.0 Å². The van der Waals surface area contributed by atoms with Gasteiger partial charge in [0.05, 0.1) is 24.6 Å². The van der Waals surface area contributed by atoms with E-state index in [1.807, 2.05) is 6.20 Å². The molecule has 1 fully saturated rings. The standard InChI is InChI=1S/C14H22N2O2/c1-3-12-4-5-13(8-15-12)16-7-6-14(17)11(9-16)10-18-2/h4-5,8,11,14,17H,3,6-7,9-10H2,1-2H3/t11-,14-/m0/s1. The average Bonchev–Trinajstić information content (AvgIpc) is 2.42. The van der Waals surface area contributed by atoms with Crippen molar-refractivity contribution in [3.8, 4) is 0 Å². The molecule has 1 aliphatic rings. The first-order valence-corrected chi connectivity index (χ1v) is 6.61. The highest BCUT2D eigenvalue weighted by molar-refractivity contribution is 5.45. The second kappa shape index (κ2) is 6.16. The van der Waals surface area contributed by atoms with Gasteiger partial charge in [-0.15, -0.1) is 0 Å². The number of nitrogens with zero attached hydrogens (tertiary/aromatic N) is 2. The molecule has 0 amide bonds. The van der Waals surface area contributed by atoms with Crippen molar-refractivity contribution in [1.29, 1.82) is 0 Å². The molecule has 0 aliphatic carbocycles. The number of aliphatic hydroxyl groups is 1. The highest BCUT2D eigenvalue weighted by Gasteiger charge is 2.27. The van der Waals surface area contributed by atoms with Crippen LogP contribution in [0.2, 0.25) is 0 Å². The summed E-state index contributed by atoms with van der Waals surface area (Å²) in [7, 11) is 1.68. The molecule has 4 heteroatoms. The maximum absolute atomic E-state index is 9.92. The number of methoxy groups -OCH3 is 1. The Morgan fingerprint density at radius 3 is 2.94 bits per heavy atom. The summed E-state index contributed by atoms with van der Waals surface area (Å²) < 4.78 is 5.17. The lowest BCUT2D eigenvalue weighted by Gasteiger charge is -2.37. The van der Waals surface area contributed by atoms with E-state index in [0.717, 1.165) is 37.3 Å². The second-order valence-corrected chi connectivity index (χ2v) is 4.88. The Morgan fingerprint density at radius 1 is 1.50 bits per heavy atom. The van der Waals surface area contributed by atoms with Crippen molar-refractivity contribution in [2.45, 2.75) is 25.9 Å². The highest BCUT2D eigenvalue weighted by atomic mass is 16.5. The van der Waals surface area contributed by atoms with Gasteiger partial charge in [0, 0.05) is 31.8 Å². The van der Waals surface area contributed by atoms with Crippen LogP contribution in [0.4, 0.5) is 5.69 Å². The maximum Gasteiger partial charge on any atom is 0.0624 e. The molecule has 0 spiro atoms. The predicted octanol–water partition coefficient (Wildman–Crippen LogP) is 1.48. The van der Waals surface area contributed by atoms with Crippen molar-refractivity contribution in [1.82, 2.24) is 4.98 Å². The van der Waals surface area contributed by atoms with Gasteiger partial charge < -0.3 is 14.7 Å². The second-order valence-electron chi connectivity index (χ2n) is 4.88. The van der Waals surface area contributed by atoms with E-state index >= 15 is 0 Å². The van der Waals surface area contributed by atoms with Gasteiger partial charge in [0.2, 0.25) is 0 Å². The van der Waals surface area contributed by atoms with Gasteiger partial charge in [0.25, 0.3) is 0 Å². The smallest absolute Gasteiger partial charge is 0.0624 e. The summed E-state index contributed by atoms with van der Waals surface area (Å²) in [5, 5.41) is 9.92. The van der Waals surface area contributed by atoms with Crippen LogP contribution in [-0.4, -0.2) is 43.0 Å². The molecule has 0 aromatic carbocycles. The van der Waals surface area contributed by atoms with Gasteiger partial charge in [0.15, 0.2) is 0 Å². The first-order valence-electron chi connectivity index (χ1n) is 6.61. The van der Waals surface area contributed by atoms with Crippen molar-refractivity contribution < 1.29 is 9.84 Å². The van der Waals surface area contributed by atoms with E-state index in [1.165, 1.54) is 0 Å². The third-order valence-corrected chi connectivity index (χ3v) is 3.61. The van der Waals surface area contributed by atoms with Gasteiger partial charge in [0.1, 0.15) is 0 Å². The van der Waals surface area contributed by atoms with Gasteiger partial charge in [-0.05, 0) is 25.0 Å². The van der Waals surface area contributed by atoms with Crippen molar-refractivity contribution in [2.24, 2.45) is 5.92 Å². The molecule has 2 atom stereocenters. The summed E-state index contributed by atoms with van der Waals surface area (Å²) in [6, 6.07) is 4.19. The van der Waals surface area contributed by atoms with E-state index in [9.17, 15) is 5.11 Å². The van der Waals surface area contributed by atoms with E-state index < -0.39 is 0 Å². The zero-order valence-corrected chi connectivity index (χ0v) is 11.2. The lowest BCUT2D eigenvalue weighted by molar-refractivity contribution is 0.0359. The molecule has 1 saturated heterocycles. The molecule has 2 heterocycles. The van der Waals surface area contributed by atoms with Gasteiger partial charge in [-0.3, -0.25) is 4.98 Å². The zero-order valence-electron chi connectivity index (χ0n) is 11.2. The Kier molecular flexibility index (Phi) is 4.55. The Morgan fingerprint density at radius 2 is 2.33 bits per heavy atom. The fraction of sp³-hybridized carbons (Fsp3) is 0.643. The van der Waals surface area contributed by atoms with Crippen LogP contribution >= 0.6 is 0 Å². The van der Waals surface area contributed by atoms with E-state index in [0.29, 0.717) is 6.61 Å². The first-order chi connectivity index (χ1) is 8.74. The molecule has 1 aliphatic heterocycles. The van der Waals surface area contributed by atoms with Crippen LogP contribution in [0.25, 0.3) is 0 Å². The van der Waals surface area contributed by atoms with Gasteiger partial charge >= 0.3 is 0 Å². The minimum Gasteiger partial charge on any atom is -0.393 e. The van der Waals surface area contributed by atoms with Crippen LogP contribution in [0.5, 0.6) is 0 Å². The number of ether oxygens (including phenoxy) is 1. The zero-order chi connectivity index (χ0) is 13.0. The SMILES string of the molecule is CCc1ccc(N2CC[C@H](O)[C@H](COC)C2)cn1. The molecule has 0 unspecified atom stereocenters. The molecule has 2 rings (SSSR count). The summed E-state index contributed by atoms with van der Waals surface area (Å²) in [5.74, 6) is 0.189. The normalized spacial score (nSPS) is 24.3. The number of hydrogen-bond acceptors (Lipinski definition) is 4. The molecule has 0 radical (unpaired) electrons. The van der Waals surface area contributed by atoms with Crippen molar-refractivity contribution in [3.05, 3.63) is 24.0 Å². The Bertz CT molecular complexity index is 367. The number of pyridine rings is 1. The number of aryl methyl sites for hydroxylation is 1. The van der Waals surface area contributed by atoms with Crippen LogP contribution in [0.3, 0.4) is 0 Å². The van der Waals surface area contributed by atoms with E-state index in [4.69, 9.17) is 4.74 Å². The number of anilines is 1. The number of rotatable bonds is 4.